The molecule has 3 N–H and O–H groups in total. The molecule has 0 saturated carbocycles. The molecule has 1 amide bonds. The molecule has 0 radical (unpaired) electrons. The van der Waals surface area contributed by atoms with E-state index in [4.69, 9.17) is 10.5 Å². The first kappa shape index (κ1) is 13.2. The van der Waals surface area contributed by atoms with Crippen LogP contribution in [0.3, 0.4) is 0 Å². The Balaban J connectivity index is 2.84. The number of carbonyl (C=O) groups is 1. The molecule has 0 bridgehead atoms. The van der Waals surface area contributed by atoms with E-state index in [1.807, 2.05) is 13.0 Å². The molecule has 0 spiro atoms. The van der Waals surface area contributed by atoms with Crippen molar-refractivity contribution in [1.82, 2.24) is 5.32 Å². The predicted molar refractivity (Wildman–Crippen MR) is 71.7 cm³/mol. The molecule has 5 heteroatoms. The van der Waals surface area contributed by atoms with Crippen LogP contribution in [0.25, 0.3) is 0 Å². The van der Waals surface area contributed by atoms with E-state index < -0.39 is 0 Å². The molecule has 0 aliphatic rings. The van der Waals surface area contributed by atoms with E-state index in [1.54, 1.807) is 19.2 Å². The third-order valence-corrected chi connectivity index (χ3v) is 3.04. The molecule has 0 aliphatic carbocycles. The second kappa shape index (κ2) is 6.05. The molecule has 0 aliphatic heterocycles. The molecule has 0 saturated heterocycles. The Bertz CT molecular complexity index is 382. The van der Waals surface area contributed by atoms with Crippen molar-refractivity contribution in [1.29, 1.82) is 0 Å². The highest BCUT2D eigenvalue weighted by atomic mass is 127. The molecule has 4 nitrogen and oxygen atoms in total. The molecule has 0 fully saturated rings. The van der Waals surface area contributed by atoms with Crippen LogP contribution in [0.2, 0.25) is 0 Å². The topological polar surface area (TPSA) is 64.3 Å². The van der Waals surface area contributed by atoms with Crippen LogP contribution in [0.4, 0.5) is 0 Å². The standard InChI is InChI=1S/C11H15IN2O2/c1-7(6-13)14-11(15)9-4-3-8(16-2)5-10(9)12/h3-5,7H,6,13H2,1-2H3,(H,14,15)/t7-/m0/s1. The quantitative estimate of drug-likeness (QED) is 0.818. The lowest BCUT2D eigenvalue weighted by atomic mass is 10.2. The van der Waals surface area contributed by atoms with Gasteiger partial charge in [0.05, 0.1) is 12.7 Å². The van der Waals surface area contributed by atoms with Gasteiger partial charge >= 0.3 is 0 Å². The van der Waals surface area contributed by atoms with Gasteiger partial charge in [0.15, 0.2) is 0 Å². The van der Waals surface area contributed by atoms with Crippen molar-refractivity contribution in [2.75, 3.05) is 13.7 Å². The van der Waals surface area contributed by atoms with Gasteiger partial charge in [0, 0.05) is 16.2 Å². The lowest BCUT2D eigenvalue weighted by Crippen LogP contribution is -2.38. The molecular formula is C11H15IN2O2. The number of hydrogen-bond donors (Lipinski definition) is 2. The van der Waals surface area contributed by atoms with Gasteiger partial charge in [0.25, 0.3) is 5.91 Å². The first-order valence-corrected chi connectivity index (χ1v) is 6.00. The van der Waals surface area contributed by atoms with E-state index in [0.717, 1.165) is 9.32 Å². The van der Waals surface area contributed by atoms with Gasteiger partial charge in [-0.05, 0) is 47.7 Å². The number of amides is 1. The molecule has 16 heavy (non-hydrogen) atoms. The third-order valence-electron chi connectivity index (χ3n) is 2.15. The predicted octanol–water partition coefficient (Wildman–Crippen LogP) is 1.38. The fraction of sp³-hybridized carbons (Fsp3) is 0.364. The zero-order chi connectivity index (χ0) is 12.1. The van der Waals surface area contributed by atoms with Gasteiger partial charge in [0.1, 0.15) is 5.75 Å². The maximum Gasteiger partial charge on any atom is 0.252 e. The summed E-state index contributed by atoms with van der Waals surface area (Å²) in [4.78, 5) is 11.8. The van der Waals surface area contributed by atoms with Gasteiger partial charge in [-0.1, -0.05) is 0 Å². The molecule has 0 unspecified atom stereocenters. The van der Waals surface area contributed by atoms with Crippen LogP contribution < -0.4 is 15.8 Å². The van der Waals surface area contributed by atoms with E-state index in [2.05, 4.69) is 27.9 Å². The maximum absolute atomic E-state index is 11.8. The average Bonchev–Trinajstić information content (AvgIpc) is 2.28. The summed E-state index contributed by atoms with van der Waals surface area (Å²) in [5.41, 5.74) is 6.09. The van der Waals surface area contributed by atoms with Crippen LogP contribution >= 0.6 is 22.6 Å². The molecule has 1 aromatic rings. The van der Waals surface area contributed by atoms with Crippen molar-refractivity contribution in [3.63, 3.8) is 0 Å². The van der Waals surface area contributed by atoms with Gasteiger partial charge < -0.3 is 15.8 Å². The van der Waals surface area contributed by atoms with Crippen molar-refractivity contribution in [3.8, 4) is 5.75 Å². The first-order chi connectivity index (χ1) is 7.58. The zero-order valence-electron chi connectivity index (χ0n) is 9.29. The van der Waals surface area contributed by atoms with Gasteiger partial charge in [-0.25, -0.2) is 0 Å². The number of halogens is 1. The molecule has 88 valence electrons. The van der Waals surface area contributed by atoms with Crippen molar-refractivity contribution in [3.05, 3.63) is 27.3 Å². The Morgan fingerprint density at radius 3 is 2.81 bits per heavy atom. The number of carbonyl (C=O) groups excluding carboxylic acids is 1. The highest BCUT2D eigenvalue weighted by Gasteiger charge is 2.12. The number of nitrogens with one attached hydrogen (secondary N) is 1. The van der Waals surface area contributed by atoms with Gasteiger partial charge in [-0.2, -0.15) is 0 Å². The second-order valence-electron chi connectivity index (χ2n) is 3.46. The van der Waals surface area contributed by atoms with Crippen LogP contribution in [0.15, 0.2) is 18.2 Å². The smallest absolute Gasteiger partial charge is 0.252 e. The Hall–Kier alpha value is -0.820. The lowest BCUT2D eigenvalue weighted by Gasteiger charge is -2.12. The third kappa shape index (κ3) is 3.34. The average molecular weight is 334 g/mol. The van der Waals surface area contributed by atoms with E-state index >= 15 is 0 Å². The van der Waals surface area contributed by atoms with Crippen molar-refractivity contribution in [2.24, 2.45) is 5.73 Å². The molecular weight excluding hydrogens is 319 g/mol. The molecule has 0 aromatic heterocycles. The normalized spacial score (nSPS) is 12.0. The van der Waals surface area contributed by atoms with E-state index in [0.29, 0.717) is 12.1 Å². The van der Waals surface area contributed by atoms with Crippen molar-refractivity contribution < 1.29 is 9.53 Å². The number of nitrogens with two attached hydrogens (primary N) is 1. The number of hydrogen-bond acceptors (Lipinski definition) is 3. The minimum Gasteiger partial charge on any atom is -0.497 e. The van der Waals surface area contributed by atoms with Gasteiger partial charge in [-0.3, -0.25) is 4.79 Å². The highest BCUT2D eigenvalue weighted by molar-refractivity contribution is 14.1. The molecule has 1 aromatic carbocycles. The highest BCUT2D eigenvalue weighted by Crippen LogP contribution is 2.19. The SMILES string of the molecule is COc1ccc(C(=O)N[C@@H](C)CN)c(I)c1. The summed E-state index contributed by atoms with van der Waals surface area (Å²) in [6.07, 6.45) is 0. The Morgan fingerprint density at radius 1 is 1.62 bits per heavy atom. The summed E-state index contributed by atoms with van der Waals surface area (Å²) < 4.78 is 5.94. The fourth-order valence-corrected chi connectivity index (χ4v) is 1.90. The van der Waals surface area contributed by atoms with Crippen LogP contribution in [0.1, 0.15) is 17.3 Å². The first-order valence-electron chi connectivity index (χ1n) is 4.93. The number of rotatable bonds is 4. The zero-order valence-corrected chi connectivity index (χ0v) is 11.4. The van der Waals surface area contributed by atoms with Crippen LogP contribution in [-0.4, -0.2) is 25.6 Å². The Labute approximate surface area is 109 Å². The summed E-state index contributed by atoms with van der Waals surface area (Å²) in [6, 6.07) is 5.32. The number of ether oxygens (including phenoxy) is 1. The van der Waals surface area contributed by atoms with Crippen molar-refractivity contribution >= 4 is 28.5 Å². The fourth-order valence-electron chi connectivity index (χ4n) is 1.17. The molecule has 1 rings (SSSR count). The Kier molecular flexibility index (Phi) is 5.01. The van der Waals surface area contributed by atoms with Gasteiger partial charge in [-0.15, -0.1) is 0 Å². The van der Waals surface area contributed by atoms with Crippen LogP contribution in [0, 0.1) is 3.57 Å². The summed E-state index contributed by atoms with van der Waals surface area (Å²) in [5, 5.41) is 2.81. The number of methoxy groups -OCH3 is 1. The van der Waals surface area contributed by atoms with Crippen LogP contribution in [0.5, 0.6) is 5.75 Å². The summed E-state index contributed by atoms with van der Waals surface area (Å²) in [5.74, 6) is 0.637. The lowest BCUT2D eigenvalue weighted by molar-refractivity contribution is 0.0940. The second-order valence-corrected chi connectivity index (χ2v) is 4.62. The van der Waals surface area contributed by atoms with E-state index in [9.17, 15) is 4.79 Å². The monoisotopic (exact) mass is 334 g/mol. The Morgan fingerprint density at radius 2 is 2.31 bits per heavy atom. The summed E-state index contributed by atoms with van der Waals surface area (Å²) in [6.45, 7) is 2.30. The van der Waals surface area contributed by atoms with E-state index in [-0.39, 0.29) is 11.9 Å². The molecule has 1 atom stereocenters. The summed E-state index contributed by atoms with van der Waals surface area (Å²) in [7, 11) is 1.60. The van der Waals surface area contributed by atoms with E-state index in [1.165, 1.54) is 0 Å². The maximum atomic E-state index is 11.8. The van der Waals surface area contributed by atoms with Gasteiger partial charge in [0.2, 0.25) is 0 Å². The summed E-state index contributed by atoms with van der Waals surface area (Å²) >= 11 is 2.11. The minimum atomic E-state index is -0.106. The number of benzene rings is 1. The van der Waals surface area contributed by atoms with Crippen LogP contribution in [-0.2, 0) is 0 Å². The minimum absolute atomic E-state index is 0.0228. The largest absolute Gasteiger partial charge is 0.497 e. The van der Waals surface area contributed by atoms with Crippen molar-refractivity contribution in [2.45, 2.75) is 13.0 Å². The molecule has 0 heterocycles.